The Balaban J connectivity index is 1.16. The van der Waals surface area contributed by atoms with Gasteiger partial charge in [0.25, 0.3) is 5.91 Å². The lowest BCUT2D eigenvalue weighted by atomic mass is 9.96. The maximum Gasteiger partial charge on any atom is 0.254 e. The molecule has 2 aromatic carbocycles. The fourth-order valence-electron chi connectivity index (χ4n) is 5.20. The Bertz CT molecular complexity index is 957. The molecule has 1 atom stereocenters. The molecular weight excluding hydrogens is 402 g/mol. The first-order valence-corrected chi connectivity index (χ1v) is 11.8. The highest BCUT2D eigenvalue weighted by molar-refractivity contribution is 5.96. The minimum Gasteiger partial charge on any atom is -0.390 e. The number of rotatable bonds is 6. The Morgan fingerprint density at radius 1 is 0.875 bits per heavy atom. The van der Waals surface area contributed by atoms with E-state index in [0.717, 1.165) is 69.9 Å². The van der Waals surface area contributed by atoms with Gasteiger partial charge in [-0.3, -0.25) is 14.6 Å². The van der Waals surface area contributed by atoms with Crippen molar-refractivity contribution in [1.29, 1.82) is 0 Å². The summed E-state index contributed by atoms with van der Waals surface area (Å²) in [6.45, 7) is 7.92. The standard InChI is InChI=1S/C26H33N3O3/c30-24(18-28-9-7-21-3-1-2-4-23(21)17-28)19-29-10-8-22-15-20(5-6-25(22)26(29)31)16-27-11-13-32-14-12-27/h1-6,15,24,30H,7-14,16-19H2/t24-/m1/s1. The van der Waals surface area contributed by atoms with Crippen molar-refractivity contribution in [2.45, 2.75) is 32.0 Å². The molecule has 1 N–H and O–H groups in total. The van der Waals surface area contributed by atoms with Crippen molar-refractivity contribution in [3.63, 3.8) is 0 Å². The first kappa shape index (κ1) is 21.6. The molecule has 170 valence electrons. The third-order valence-electron chi connectivity index (χ3n) is 6.96. The van der Waals surface area contributed by atoms with Crippen LogP contribution in [0.3, 0.4) is 0 Å². The summed E-state index contributed by atoms with van der Waals surface area (Å²) in [4.78, 5) is 19.6. The maximum absolute atomic E-state index is 13.1. The Kier molecular flexibility index (Phi) is 6.55. The molecule has 0 saturated carbocycles. The quantitative estimate of drug-likeness (QED) is 0.752. The molecule has 1 saturated heterocycles. The van der Waals surface area contributed by atoms with Crippen LogP contribution >= 0.6 is 0 Å². The van der Waals surface area contributed by atoms with Gasteiger partial charge in [-0.25, -0.2) is 0 Å². The van der Waals surface area contributed by atoms with E-state index >= 15 is 0 Å². The number of fused-ring (bicyclic) bond motifs is 2. The van der Waals surface area contributed by atoms with Gasteiger partial charge in [-0.05, 0) is 41.2 Å². The predicted molar refractivity (Wildman–Crippen MR) is 124 cm³/mol. The Labute approximate surface area is 190 Å². The largest absolute Gasteiger partial charge is 0.390 e. The van der Waals surface area contributed by atoms with Crippen molar-refractivity contribution in [2.75, 3.05) is 52.5 Å². The number of ether oxygens (including phenoxy) is 1. The Morgan fingerprint density at radius 2 is 1.66 bits per heavy atom. The van der Waals surface area contributed by atoms with E-state index in [9.17, 15) is 9.90 Å². The molecule has 0 bridgehead atoms. The summed E-state index contributed by atoms with van der Waals surface area (Å²) in [5.41, 5.74) is 5.95. The molecule has 0 radical (unpaired) electrons. The SMILES string of the molecule is O=C1c2ccc(CN3CCOCC3)cc2CCN1C[C@H](O)CN1CCc2ccccc2C1. The molecule has 32 heavy (non-hydrogen) atoms. The number of morpholine rings is 1. The number of nitrogens with zero attached hydrogens (tertiary/aromatic N) is 3. The number of aliphatic hydroxyl groups excluding tert-OH is 1. The number of hydrogen-bond donors (Lipinski definition) is 1. The molecule has 2 aromatic rings. The van der Waals surface area contributed by atoms with Gasteiger partial charge in [-0.15, -0.1) is 0 Å². The second kappa shape index (κ2) is 9.71. The van der Waals surface area contributed by atoms with Crippen LogP contribution in [0.1, 0.15) is 32.6 Å². The molecule has 6 heteroatoms. The van der Waals surface area contributed by atoms with Gasteiger partial charge in [0.05, 0.1) is 19.3 Å². The number of carbonyl (C=O) groups is 1. The average molecular weight is 436 g/mol. The molecule has 0 aromatic heterocycles. The van der Waals surface area contributed by atoms with Crippen LogP contribution in [0.25, 0.3) is 0 Å². The molecule has 1 amide bonds. The van der Waals surface area contributed by atoms with Crippen molar-refractivity contribution >= 4 is 5.91 Å². The third-order valence-corrected chi connectivity index (χ3v) is 6.96. The van der Waals surface area contributed by atoms with E-state index in [4.69, 9.17) is 4.74 Å². The second-order valence-electron chi connectivity index (χ2n) is 9.29. The molecule has 3 aliphatic rings. The molecule has 0 unspecified atom stereocenters. The van der Waals surface area contributed by atoms with Crippen LogP contribution in [-0.2, 0) is 30.7 Å². The van der Waals surface area contributed by atoms with Crippen LogP contribution in [0.15, 0.2) is 42.5 Å². The fraction of sp³-hybridized carbons (Fsp3) is 0.500. The predicted octanol–water partition coefficient (Wildman–Crippen LogP) is 1.94. The zero-order valence-corrected chi connectivity index (χ0v) is 18.7. The van der Waals surface area contributed by atoms with Gasteiger partial charge in [0.15, 0.2) is 0 Å². The summed E-state index contributed by atoms with van der Waals surface area (Å²) in [5, 5.41) is 10.7. The third kappa shape index (κ3) is 4.89. The summed E-state index contributed by atoms with van der Waals surface area (Å²) < 4.78 is 5.43. The van der Waals surface area contributed by atoms with E-state index in [0.29, 0.717) is 19.6 Å². The van der Waals surface area contributed by atoms with Crippen molar-refractivity contribution in [2.24, 2.45) is 0 Å². The van der Waals surface area contributed by atoms with Crippen molar-refractivity contribution < 1.29 is 14.6 Å². The number of hydrogen-bond acceptors (Lipinski definition) is 5. The van der Waals surface area contributed by atoms with Gasteiger partial charge in [0, 0.05) is 57.9 Å². The smallest absolute Gasteiger partial charge is 0.254 e. The molecule has 0 aliphatic carbocycles. The first-order chi connectivity index (χ1) is 15.7. The van der Waals surface area contributed by atoms with E-state index in [2.05, 4.69) is 46.2 Å². The topological polar surface area (TPSA) is 56.3 Å². The lowest BCUT2D eigenvalue weighted by Crippen LogP contribution is -2.46. The van der Waals surface area contributed by atoms with Crippen molar-refractivity contribution in [1.82, 2.24) is 14.7 Å². The molecule has 3 aliphatic heterocycles. The van der Waals surface area contributed by atoms with Crippen LogP contribution in [0.4, 0.5) is 0 Å². The highest BCUT2D eigenvalue weighted by Gasteiger charge is 2.27. The number of aliphatic hydroxyl groups is 1. The monoisotopic (exact) mass is 435 g/mol. The molecular formula is C26H33N3O3. The van der Waals surface area contributed by atoms with Gasteiger partial charge >= 0.3 is 0 Å². The van der Waals surface area contributed by atoms with Crippen LogP contribution in [-0.4, -0.2) is 84.3 Å². The minimum absolute atomic E-state index is 0.0483. The van der Waals surface area contributed by atoms with Crippen molar-refractivity contribution in [3.05, 3.63) is 70.3 Å². The van der Waals surface area contributed by atoms with E-state index in [-0.39, 0.29) is 5.91 Å². The van der Waals surface area contributed by atoms with E-state index in [1.54, 1.807) is 0 Å². The Morgan fingerprint density at radius 3 is 2.50 bits per heavy atom. The second-order valence-corrected chi connectivity index (χ2v) is 9.29. The van der Waals surface area contributed by atoms with Crippen LogP contribution in [0, 0.1) is 0 Å². The highest BCUT2D eigenvalue weighted by Crippen LogP contribution is 2.23. The summed E-state index contributed by atoms with van der Waals surface area (Å²) in [6, 6.07) is 14.8. The lowest BCUT2D eigenvalue weighted by Gasteiger charge is -2.34. The first-order valence-electron chi connectivity index (χ1n) is 11.8. The highest BCUT2D eigenvalue weighted by atomic mass is 16.5. The van der Waals surface area contributed by atoms with Gasteiger partial charge < -0.3 is 14.7 Å². The van der Waals surface area contributed by atoms with Gasteiger partial charge in [-0.2, -0.15) is 0 Å². The van der Waals surface area contributed by atoms with Gasteiger partial charge in [0.2, 0.25) is 0 Å². The zero-order valence-electron chi connectivity index (χ0n) is 18.7. The van der Waals surface area contributed by atoms with Gasteiger partial charge in [0.1, 0.15) is 0 Å². The van der Waals surface area contributed by atoms with Gasteiger partial charge in [-0.1, -0.05) is 36.4 Å². The number of β-amino-alcohol motifs (C(OH)–C–C–N with tert-alkyl or cyclic N) is 1. The molecule has 1 fully saturated rings. The maximum atomic E-state index is 13.1. The number of carbonyl (C=O) groups excluding carboxylic acids is 1. The van der Waals surface area contributed by atoms with E-state index < -0.39 is 6.10 Å². The minimum atomic E-state index is -0.536. The van der Waals surface area contributed by atoms with Crippen molar-refractivity contribution in [3.8, 4) is 0 Å². The molecule has 3 heterocycles. The van der Waals surface area contributed by atoms with Crippen LogP contribution in [0.5, 0.6) is 0 Å². The number of amides is 1. The fourth-order valence-corrected chi connectivity index (χ4v) is 5.20. The molecule has 0 spiro atoms. The average Bonchev–Trinajstić information content (AvgIpc) is 2.81. The number of benzene rings is 2. The summed E-state index contributed by atoms with van der Waals surface area (Å²) >= 11 is 0. The summed E-state index contributed by atoms with van der Waals surface area (Å²) in [7, 11) is 0. The van der Waals surface area contributed by atoms with Crippen LogP contribution in [0.2, 0.25) is 0 Å². The summed E-state index contributed by atoms with van der Waals surface area (Å²) in [6.07, 6.45) is 1.33. The van der Waals surface area contributed by atoms with E-state index in [1.165, 1.54) is 16.7 Å². The summed E-state index contributed by atoms with van der Waals surface area (Å²) in [5.74, 6) is 0.0483. The zero-order chi connectivity index (χ0) is 21.9. The van der Waals surface area contributed by atoms with E-state index in [1.807, 2.05) is 11.0 Å². The lowest BCUT2D eigenvalue weighted by molar-refractivity contribution is 0.0341. The Hall–Kier alpha value is -2.25. The van der Waals surface area contributed by atoms with Crippen LogP contribution < -0.4 is 0 Å². The molecule has 5 rings (SSSR count). The molecule has 6 nitrogen and oxygen atoms in total. The normalized spacial score (nSPS) is 20.7.